The van der Waals surface area contributed by atoms with Crippen LogP contribution in [0.5, 0.6) is 0 Å². The molecule has 2 heterocycles. The number of aryl methyl sites for hydroxylation is 1. The molecule has 0 saturated carbocycles. The van der Waals surface area contributed by atoms with Gasteiger partial charge in [-0.15, -0.1) is 0 Å². The highest BCUT2D eigenvalue weighted by atomic mass is 35.5. The van der Waals surface area contributed by atoms with E-state index in [1.54, 1.807) is 18.2 Å². The predicted molar refractivity (Wildman–Crippen MR) is 139 cm³/mol. The molecule has 0 aliphatic carbocycles. The standard InChI is InChI=1S/C26H18ClN5O2S/c1-15-6-2-5-9-22(15)32-25(34)17-11-10-16(27)12-21(17)31-26(32)35-14-23(33)18(13-28)24-29-19-7-3-4-8-20(19)30-24/h2-12,33H,14H2,1H3,(H,29,30)/b23-18-. The maximum Gasteiger partial charge on any atom is 0.266 e. The topological polar surface area (TPSA) is 108 Å². The molecule has 0 bridgehead atoms. The van der Waals surface area contributed by atoms with Gasteiger partial charge in [-0.3, -0.25) is 9.36 Å². The van der Waals surface area contributed by atoms with Crippen molar-refractivity contribution in [1.29, 1.82) is 5.26 Å². The van der Waals surface area contributed by atoms with E-state index in [-0.39, 0.29) is 28.5 Å². The van der Waals surface area contributed by atoms with E-state index in [9.17, 15) is 15.2 Å². The van der Waals surface area contributed by atoms with Crippen LogP contribution in [0, 0.1) is 18.3 Å². The van der Waals surface area contributed by atoms with Crippen LogP contribution in [-0.4, -0.2) is 30.4 Å². The Kier molecular flexibility index (Phi) is 6.03. The molecule has 0 radical (unpaired) electrons. The van der Waals surface area contributed by atoms with Crippen LogP contribution in [0.4, 0.5) is 0 Å². The van der Waals surface area contributed by atoms with E-state index in [0.717, 1.165) is 22.8 Å². The average Bonchev–Trinajstić information content (AvgIpc) is 3.27. The second-order valence-electron chi connectivity index (χ2n) is 7.81. The number of hydrogen-bond donors (Lipinski definition) is 2. The lowest BCUT2D eigenvalue weighted by molar-refractivity contribution is 0.420. The molecule has 5 rings (SSSR count). The molecule has 3 aromatic carbocycles. The number of hydrogen-bond acceptors (Lipinski definition) is 6. The fourth-order valence-corrected chi connectivity index (χ4v) is 4.84. The largest absolute Gasteiger partial charge is 0.510 e. The number of aromatic nitrogens is 4. The summed E-state index contributed by atoms with van der Waals surface area (Å²) in [4.78, 5) is 25.6. The van der Waals surface area contributed by atoms with Crippen molar-refractivity contribution in [2.24, 2.45) is 0 Å². The molecule has 0 saturated heterocycles. The smallest absolute Gasteiger partial charge is 0.266 e. The molecule has 2 N–H and O–H groups in total. The number of para-hydroxylation sites is 3. The minimum absolute atomic E-state index is 0.00430. The second-order valence-corrected chi connectivity index (χ2v) is 9.19. The molecule has 2 aromatic heterocycles. The van der Waals surface area contributed by atoms with Crippen molar-refractivity contribution in [1.82, 2.24) is 19.5 Å². The minimum Gasteiger partial charge on any atom is -0.510 e. The van der Waals surface area contributed by atoms with E-state index >= 15 is 0 Å². The maximum atomic E-state index is 13.5. The van der Waals surface area contributed by atoms with Gasteiger partial charge in [-0.2, -0.15) is 5.26 Å². The van der Waals surface area contributed by atoms with Crippen molar-refractivity contribution < 1.29 is 5.11 Å². The summed E-state index contributed by atoms with van der Waals surface area (Å²) < 4.78 is 1.52. The number of aliphatic hydroxyl groups excluding tert-OH is 1. The first-order chi connectivity index (χ1) is 17.0. The highest BCUT2D eigenvalue weighted by molar-refractivity contribution is 7.99. The molecule has 9 heteroatoms. The Morgan fingerprint density at radius 3 is 2.66 bits per heavy atom. The number of benzene rings is 3. The van der Waals surface area contributed by atoms with Gasteiger partial charge in [0.15, 0.2) is 11.0 Å². The monoisotopic (exact) mass is 499 g/mol. The molecule has 172 valence electrons. The van der Waals surface area contributed by atoms with Crippen LogP contribution in [0.15, 0.2) is 82.4 Å². The third-order valence-corrected chi connectivity index (χ3v) is 6.71. The molecule has 35 heavy (non-hydrogen) atoms. The van der Waals surface area contributed by atoms with Gasteiger partial charge < -0.3 is 10.1 Å². The van der Waals surface area contributed by atoms with Gasteiger partial charge in [-0.25, -0.2) is 9.97 Å². The van der Waals surface area contributed by atoms with E-state index in [4.69, 9.17) is 11.6 Å². The van der Waals surface area contributed by atoms with E-state index < -0.39 is 0 Å². The fourth-order valence-electron chi connectivity index (χ4n) is 3.79. The molecule has 0 amide bonds. The number of thioether (sulfide) groups is 1. The molecule has 0 unspecified atom stereocenters. The molecular weight excluding hydrogens is 482 g/mol. The summed E-state index contributed by atoms with van der Waals surface area (Å²) in [6.07, 6.45) is 0. The zero-order valence-corrected chi connectivity index (χ0v) is 20.1. The van der Waals surface area contributed by atoms with Crippen LogP contribution in [0.25, 0.3) is 33.2 Å². The second kappa shape index (κ2) is 9.29. The Balaban J connectivity index is 1.60. The predicted octanol–water partition coefficient (Wildman–Crippen LogP) is 5.81. The highest BCUT2D eigenvalue weighted by Gasteiger charge is 2.18. The number of halogens is 1. The number of H-pyrrole nitrogens is 1. The van der Waals surface area contributed by atoms with Crippen LogP contribution in [-0.2, 0) is 0 Å². The van der Waals surface area contributed by atoms with Crippen LogP contribution in [0.2, 0.25) is 5.02 Å². The number of fused-ring (bicyclic) bond motifs is 2. The maximum absolute atomic E-state index is 13.5. The number of aliphatic hydroxyl groups is 1. The van der Waals surface area contributed by atoms with E-state index in [2.05, 4.69) is 15.0 Å². The van der Waals surface area contributed by atoms with Gasteiger partial charge in [0, 0.05) is 5.02 Å². The van der Waals surface area contributed by atoms with E-state index in [0.29, 0.717) is 32.3 Å². The molecule has 5 aromatic rings. The van der Waals surface area contributed by atoms with Gasteiger partial charge in [0.25, 0.3) is 5.56 Å². The first-order valence-electron chi connectivity index (χ1n) is 10.6. The molecular formula is C26H18ClN5O2S. The summed E-state index contributed by atoms with van der Waals surface area (Å²) in [6, 6.07) is 21.9. The summed E-state index contributed by atoms with van der Waals surface area (Å²) in [5.74, 6) is 0.110. The van der Waals surface area contributed by atoms with Gasteiger partial charge in [0.2, 0.25) is 0 Å². The molecule has 7 nitrogen and oxygen atoms in total. The van der Waals surface area contributed by atoms with Gasteiger partial charge in [0.1, 0.15) is 17.4 Å². The summed E-state index contributed by atoms with van der Waals surface area (Å²) in [5.41, 5.74) is 3.27. The minimum atomic E-state index is -0.246. The van der Waals surface area contributed by atoms with Gasteiger partial charge in [-0.05, 0) is 48.9 Å². The van der Waals surface area contributed by atoms with Crippen LogP contribution >= 0.6 is 23.4 Å². The van der Waals surface area contributed by atoms with Gasteiger partial charge >= 0.3 is 0 Å². The van der Waals surface area contributed by atoms with Crippen molar-refractivity contribution in [3.05, 3.63) is 99.3 Å². The van der Waals surface area contributed by atoms with Gasteiger partial charge in [0.05, 0.1) is 33.4 Å². The molecule has 0 aliphatic heterocycles. The third kappa shape index (κ3) is 4.28. The quantitative estimate of drug-likeness (QED) is 0.137. The lowest BCUT2D eigenvalue weighted by atomic mass is 10.2. The number of allylic oxidation sites excluding steroid dienone is 1. The summed E-state index contributed by atoms with van der Waals surface area (Å²) >= 11 is 7.29. The summed E-state index contributed by atoms with van der Waals surface area (Å²) in [7, 11) is 0. The first kappa shape index (κ1) is 22.7. The molecule has 0 atom stereocenters. The number of nitrogens with zero attached hydrogens (tertiary/aromatic N) is 4. The Hall–Kier alpha value is -4.06. The Morgan fingerprint density at radius 1 is 1.11 bits per heavy atom. The Labute approximate surface area is 209 Å². The molecule has 0 spiro atoms. The Bertz CT molecular complexity index is 1700. The van der Waals surface area contributed by atoms with Crippen molar-refractivity contribution in [2.75, 3.05) is 5.75 Å². The molecule has 0 aliphatic rings. The lowest BCUT2D eigenvalue weighted by Gasteiger charge is -2.15. The van der Waals surface area contributed by atoms with Crippen molar-refractivity contribution in [3.63, 3.8) is 0 Å². The highest BCUT2D eigenvalue weighted by Crippen LogP contribution is 2.27. The SMILES string of the molecule is Cc1ccccc1-n1c(SC/C(O)=C(\C#N)c2nc3ccccc3[nH]2)nc2cc(Cl)ccc2c1=O. The number of nitrogens with one attached hydrogen (secondary N) is 1. The van der Waals surface area contributed by atoms with Crippen LogP contribution in [0.3, 0.4) is 0 Å². The van der Waals surface area contributed by atoms with E-state index in [1.165, 1.54) is 4.57 Å². The summed E-state index contributed by atoms with van der Waals surface area (Å²) in [5, 5.41) is 21.8. The number of nitriles is 1. The summed E-state index contributed by atoms with van der Waals surface area (Å²) in [6.45, 7) is 1.91. The average molecular weight is 500 g/mol. The number of aromatic amines is 1. The number of imidazole rings is 1. The third-order valence-electron chi connectivity index (χ3n) is 5.52. The first-order valence-corrected chi connectivity index (χ1v) is 12.0. The zero-order valence-electron chi connectivity index (χ0n) is 18.5. The zero-order chi connectivity index (χ0) is 24.5. The fraction of sp³-hybridized carbons (Fsp3) is 0.0769. The van der Waals surface area contributed by atoms with E-state index in [1.807, 2.05) is 61.5 Å². The van der Waals surface area contributed by atoms with Crippen molar-refractivity contribution in [2.45, 2.75) is 12.1 Å². The lowest BCUT2D eigenvalue weighted by Crippen LogP contribution is -2.22. The Morgan fingerprint density at radius 2 is 1.89 bits per heavy atom. The normalized spacial score (nSPS) is 12.0. The van der Waals surface area contributed by atoms with Crippen molar-refractivity contribution >= 4 is 50.9 Å². The number of rotatable bonds is 5. The van der Waals surface area contributed by atoms with Crippen LogP contribution < -0.4 is 5.56 Å². The van der Waals surface area contributed by atoms with Crippen molar-refractivity contribution in [3.8, 4) is 11.8 Å². The van der Waals surface area contributed by atoms with Gasteiger partial charge in [-0.1, -0.05) is 53.7 Å². The molecule has 0 fully saturated rings. The van der Waals surface area contributed by atoms with Crippen LogP contribution in [0.1, 0.15) is 11.4 Å².